The molecule has 5 heterocycles. The van der Waals surface area contributed by atoms with Gasteiger partial charge in [0, 0.05) is 55.1 Å². The van der Waals surface area contributed by atoms with Crippen LogP contribution in [-0.2, 0) is 24.4 Å². The number of halogens is 3. The van der Waals surface area contributed by atoms with Crippen molar-refractivity contribution >= 4 is 28.3 Å². The molecule has 0 saturated carbocycles. The highest BCUT2D eigenvalue weighted by atomic mass is 35.5. The zero-order valence-electron chi connectivity index (χ0n) is 23.5. The number of piperazine rings is 1. The van der Waals surface area contributed by atoms with Gasteiger partial charge in [0.05, 0.1) is 36.4 Å². The zero-order chi connectivity index (χ0) is 30.2. The fraction of sp³-hybridized carbons (Fsp3) is 0.333. The smallest absolute Gasteiger partial charge is 0.439 e. The average molecular weight is 624 g/mol. The molecule has 7 rings (SSSR count). The minimum atomic E-state index is -0.646. The maximum Gasteiger partial charge on any atom is 0.439 e. The number of H-pyrrole nitrogens is 1. The largest absolute Gasteiger partial charge is 0.486 e. The van der Waals surface area contributed by atoms with Crippen molar-refractivity contribution in [3.8, 4) is 17.3 Å². The molecule has 2 aliphatic rings. The number of ether oxygens (including phenoxy) is 2. The molecule has 11 nitrogen and oxygen atoms in total. The van der Waals surface area contributed by atoms with Crippen LogP contribution in [0.1, 0.15) is 17.8 Å². The molecule has 3 aromatic heterocycles. The van der Waals surface area contributed by atoms with Gasteiger partial charge in [-0.1, -0.05) is 22.8 Å². The summed E-state index contributed by atoms with van der Waals surface area (Å²) in [7, 11) is 0. The minimum Gasteiger partial charge on any atom is -0.486 e. The van der Waals surface area contributed by atoms with E-state index in [4.69, 9.17) is 26.1 Å². The second kappa shape index (κ2) is 12.0. The molecule has 1 atom stereocenters. The first kappa shape index (κ1) is 28.4. The summed E-state index contributed by atoms with van der Waals surface area (Å²) in [5.41, 5.74) is 3.21. The first-order chi connectivity index (χ1) is 21.4. The SMILES string of the molecule is O=c1[nH]c(-c2cc3nc(CN4CCN(c5ccc(F)c(OCc6ccc(Cl)cc6F)c5)CC4)n(CC4CCO4)c3cn2)no1. The lowest BCUT2D eigenvalue weighted by Gasteiger charge is -2.36. The number of imidazole rings is 1. The number of rotatable bonds is 9. The lowest BCUT2D eigenvalue weighted by molar-refractivity contribution is -0.0592. The molecular weight excluding hydrogens is 596 g/mol. The van der Waals surface area contributed by atoms with Crippen LogP contribution in [-0.4, -0.2) is 68.5 Å². The van der Waals surface area contributed by atoms with Crippen molar-refractivity contribution in [2.45, 2.75) is 32.2 Å². The number of fused-ring (bicyclic) bond motifs is 1. The number of nitrogens with zero attached hydrogens (tertiary/aromatic N) is 6. The van der Waals surface area contributed by atoms with E-state index in [9.17, 15) is 13.6 Å². The van der Waals surface area contributed by atoms with Gasteiger partial charge in [-0.15, -0.1) is 0 Å². The zero-order valence-corrected chi connectivity index (χ0v) is 24.3. The van der Waals surface area contributed by atoms with Crippen LogP contribution in [0.2, 0.25) is 5.02 Å². The molecular formula is C30H28ClF2N7O4. The highest BCUT2D eigenvalue weighted by Crippen LogP contribution is 2.28. The standard InChI is InChI=1S/C30H28ClF2N7O4/c31-19-2-1-18(23(33)11-19)17-43-27-12-20(3-4-22(27)32)39-8-6-38(7-9-39)16-28-35-24-13-25(29-36-30(41)44-37-29)34-14-26(24)40(28)15-21-5-10-42-21/h1-4,11-14,21H,5-10,15-17H2,(H,36,37,41). The lowest BCUT2D eigenvalue weighted by atomic mass is 10.2. The van der Waals surface area contributed by atoms with Gasteiger partial charge in [0.2, 0.25) is 5.82 Å². The van der Waals surface area contributed by atoms with Crippen LogP contribution >= 0.6 is 11.6 Å². The Kier molecular flexibility index (Phi) is 7.75. The van der Waals surface area contributed by atoms with E-state index in [0.29, 0.717) is 37.4 Å². The number of aromatic amines is 1. The molecule has 0 spiro atoms. The molecule has 2 aliphatic heterocycles. The van der Waals surface area contributed by atoms with Crippen LogP contribution in [0, 0.1) is 11.6 Å². The Morgan fingerprint density at radius 1 is 1.07 bits per heavy atom. The normalized spacial score (nSPS) is 17.2. The van der Waals surface area contributed by atoms with Gasteiger partial charge < -0.3 is 18.9 Å². The highest BCUT2D eigenvalue weighted by molar-refractivity contribution is 6.30. The number of hydrogen-bond acceptors (Lipinski definition) is 9. The summed E-state index contributed by atoms with van der Waals surface area (Å²) in [5.74, 6) is -0.451. The van der Waals surface area contributed by atoms with Crippen molar-refractivity contribution in [1.29, 1.82) is 0 Å². The van der Waals surface area contributed by atoms with E-state index >= 15 is 0 Å². The Hall–Kier alpha value is -4.33. The second-order valence-electron chi connectivity index (χ2n) is 10.8. The van der Waals surface area contributed by atoms with E-state index < -0.39 is 17.4 Å². The third kappa shape index (κ3) is 5.90. The summed E-state index contributed by atoms with van der Waals surface area (Å²) in [4.78, 5) is 27.9. The van der Waals surface area contributed by atoms with Gasteiger partial charge in [-0.25, -0.2) is 18.6 Å². The summed E-state index contributed by atoms with van der Waals surface area (Å²) < 4.78 is 46.9. The van der Waals surface area contributed by atoms with Crippen LogP contribution in [0.5, 0.6) is 5.75 Å². The van der Waals surface area contributed by atoms with Gasteiger partial charge in [-0.3, -0.25) is 19.4 Å². The van der Waals surface area contributed by atoms with Gasteiger partial charge in [0.25, 0.3) is 0 Å². The number of hydrogen-bond donors (Lipinski definition) is 1. The maximum atomic E-state index is 14.6. The summed E-state index contributed by atoms with van der Waals surface area (Å²) >= 11 is 5.83. The summed E-state index contributed by atoms with van der Waals surface area (Å²) in [6.07, 6.45) is 2.85. The Morgan fingerprint density at radius 3 is 2.64 bits per heavy atom. The lowest BCUT2D eigenvalue weighted by Crippen LogP contribution is -2.46. The van der Waals surface area contributed by atoms with Crippen LogP contribution in [0.25, 0.3) is 22.6 Å². The summed E-state index contributed by atoms with van der Waals surface area (Å²) in [6.45, 7) is 4.89. The molecule has 0 amide bonds. The van der Waals surface area contributed by atoms with Crippen LogP contribution in [0.3, 0.4) is 0 Å². The van der Waals surface area contributed by atoms with Gasteiger partial charge in [0.15, 0.2) is 11.6 Å². The number of anilines is 1. The fourth-order valence-electron chi connectivity index (χ4n) is 5.46. The van der Waals surface area contributed by atoms with Crippen molar-refractivity contribution in [2.75, 3.05) is 37.7 Å². The van der Waals surface area contributed by atoms with Crippen molar-refractivity contribution in [1.82, 2.24) is 29.6 Å². The van der Waals surface area contributed by atoms with E-state index in [1.54, 1.807) is 30.5 Å². The number of benzene rings is 2. The summed E-state index contributed by atoms with van der Waals surface area (Å²) in [5, 5.41) is 4.03. The molecule has 0 radical (unpaired) electrons. The topological polar surface area (TPSA) is 115 Å². The molecule has 0 bridgehead atoms. The Bertz CT molecular complexity index is 1860. The third-order valence-electron chi connectivity index (χ3n) is 7.99. The molecule has 1 unspecified atom stereocenters. The minimum absolute atomic E-state index is 0.0638. The second-order valence-corrected chi connectivity index (χ2v) is 11.3. The molecule has 5 aromatic rings. The average Bonchev–Trinajstić information content (AvgIpc) is 3.58. The predicted molar refractivity (Wildman–Crippen MR) is 158 cm³/mol. The van der Waals surface area contributed by atoms with E-state index in [0.717, 1.165) is 48.7 Å². The quantitative estimate of drug-likeness (QED) is 0.255. The van der Waals surface area contributed by atoms with E-state index in [1.165, 1.54) is 18.2 Å². The number of nitrogens with one attached hydrogen (secondary N) is 1. The van der Waals surface area contributed by atoms with Gasteiger partial charge in [-0.2, -0.15) is 0 Å². The van der Waals surface area contributed by atoms with Gasteiger partial charge in [-0.05, 0) is 36.8 Å². The van der Waals surface area contributed by atoms with Crippen molar-refractivity contribution < 1.29 is 22.8 Å². The molecule has 0 aliphatic carbocycles. The van der Waals surface area contributed by atoms with Gasteiger partial charge in [0.1, 0.15) is 23.9 Å². The fourth-order valence-corrected chi connectivity index (χ4v) is 5.62. The maximum absolute atomic E-state index is 14.6. The van der Waals surface area contributed by atoms with Gasteiger partial charge >= 0.3 is 5.76 Å². The van der Waals surface area contributed by atoms with E-state index in [1.807, 2.05) is 0 Å². The van der Waals surface area contributed by atoms with Crippen molar-refractivity contribution in [3.63, 3.8) is 0 Å². The predicted octanol–water partition coefficient (Wildman–Crippen LogP) is 4.40. The Morgan fingerprint density at radius 2 is 1.91 bits per heavy atom. The van der Waals surface area contributed by atoms with E-state index in [2.05, 4.69) is 34.0 Å². The Labute approximate surface area is 255 Å². The van der Waals surface area contributed by atoms with Crippen LogP contribution in [0.4, 0.5) is 14.5 Å². The molecule has 228 valence electrons. The monoisotopic (exact) mass is 623 g/mol. The first-order valence-corrected chi connectivity index (χ1v) is 14.6. The number of aromatic nitrogens is 5. The molecule has 2 saturated heterocycles. The first-order valence-electron chi connectivity index (χ1n) is 14.3. The molecule has 2 fully saturated rings. The van der Waals surface area contributed by atoms with Crippen LogP contribution < -0.4 is 15.4 Å². The molecule has 14 heteroatoms. The Balaban J connectivity index is 1.04. The molecule has 44 heavy (non-hydrogen) atoms. The van der Waals surface area contributed by atoms with Crippen molar-refractivity contribution in [3.05, 3.63) is 87.3 Å². The number of pyridine rings is 1. The van der Waals surface area contributed by atoms with Crippen LogP contribution in [0.15, 0.2) is 58.0 Å². The van der Waals surface area contributed by atoms with Crippen molar-refractivity contribution in [2.24, 2.45) is 0 Å². The molecule has 1 N–H and O–H groups in total. The highest BCUT2D eigenvalue weighted by Gasteiger charge is 2.25. The van der Waals surface area contributed by atoms with E-state index in [-0.39, 0.29) is 29.3 Å². The third-order valence-corrected chi connectivity index (χ3v) is 8.23. The molecule has 2 aromatic carbocycles. The summed E-state index contributed by atoms with van der Waals surface area (Å²) in [6, 6.07) is 10.9.